The molecule has 2 rings (SSSR count). The standard InChI is InChI=1S/C16H24N2O2/c1-2-15(12-19)17-16(20)14-7-5-6-13(10-14)11-18-8-3-4-9-18/h5-7,10,15,19H,2-4,8-9,11-12H2,1H3,(H,17,20). The Bertz CT molecular complexity index is 438. The van der Waals surface area contributed by atoms with Crippen molar-refractivity contribution in [2.75, 3.05) is 19.7 Å². The monoisotopic (exact) mass is 276 g/mol. The van der Waals surface area contributed by atoms with E-state index in [1.165, 1.54) is 18.4 Å². The first-order valence-corrected chi connectivity index (χ1v) is 7.46. The van der Waals surface area contributed by atoms with Crippen LogP contribution in [0.5, 0.6) is 0 Å². The van der Waals surface area contributed by atoms with Crippen molar-refractivity contribution in [1.29, 1.82) is 0 Å². The van der Waals surface area contributed by atoms with E-state index < -0.39 is 0 Å². The summed E-state index contributed by atoms with van der Waals surface area (Å²) >= 11 is 0. The van der Waals surface area contributed by atoms with Crippen LogP contribution in [0.1, 0.15) is 42.1 Å². The summed E-state index contributed by atoms with van der Waals surface area (Å²) in [4.78, 5) is 14.5. The molecule has 110 valence electrons. The van der Waals surface area contributed by atoms with E-state index in [0.717, 1.165) is 26.1 Å². The predicted molar refractivity (Wildman–Crippen MR) is 79.6 cm³/mol. The van der Waals surface area contributed by atoms with Gasteiger partial charge in [-0.05, 0) is 50.0 Å². The van der Waals surface area contributed by atoms with Crippen molar-refractivity contribution >= 4 is 5.91 Å². The summed E-state index contributed by atoms with van der Waals surface area (Å²) in [5, 5.41) is 12.0. The number of carbonyl (C=O) groups excluding carboxylic acids is 1. The highest BCUT2D eigenvalue weighted by Crippen LogP contribution is 2.14. The molecule has 2 N–H and O–H groups in total. The van der Waals surface area contributed by atoms with E-state index in [-0.39, 0.29) is 18.6 Å². The number of aliphatic hydroxyl groups is 1. The van der Waals surface area contributed by atoms with Crippen molar-refractivity contribution in [2.45, 2.75) is 38.8 Å². The van der Waals surface area contributed by atoms with E-state index in [4.69, 9.17) is 5.11 Å². The fraction of sp³-hybridized carbons (Fsp3) is 0.562. The number of rotatable bonds is 6. The summed E-state index contributed by atoms with van der Waals surface area (Å²) in [5.74, 6) is -0.103. The molecule has 1 aliphatic heterocycles. The van der Waals surface area contributed by atoms with Crippen molar-refractivity contribution in [3.05, 3.63) is 35.4 Å². The highest BCUT2D eigenvalue weighted by molar-refractivity contribution is 5.94. The van der Waals surface area contributed by atoms with Gasteiger partial charge < -0.3 is 10.4 Å². The molecule has 1 amide bonds. The summed E-state index contributed by atoms with van der Waals surface area (Å²) in [6.45, 7) is 5.15. The van der Waals surface area contributed by atoms with Crippen molar-refractivity contribution in [3.63, 3.8) is 0 Å². The van der Waals surface area contributed by atoms with Crippen LogP contribution in [0.4, 0.5) is 0 Å². The Morgan fingerprint density at radius 1 is 1.40 bits per heavy atom. The Hall–Kier alpha value is -1.39. The number of hydrogen-bond acceptors (Lipinski definition) is 3. The maximum absolute atomic E-state index is 12.1. The zero-order chi connectivity index (χ0) is 14.4. The lowest BCUT2D eigenvalue weighted by Crippen LogP contribution is -2.36. The Kier molecular flexibility index (Phi) is 5.56. The molecular formula is C16H24N2O2. The maximum Gasteiger partial charge on any atom is 0.251 e. The number of benzene rings is 1. The Labute approximate surface area is 120 Å². The molecule has 0 saturated carbocycles. The average Bonchev–Trinajstić information content (AvgIpc) is 2.97. The van der Waals surface area contributed by atoms with Crippen LogP contribution in [0, 0.1) is 0 Å². The van der Waals surface area contributed by atoms with Crippen LogP contribution in [0.25, 0.3) is 0 Å². The van der Waals surface area contributed by atoms with Gasteiger partial charge in [-0.3, -0.25) is 9.69 Å². The van der Waals surface area contributed by atoms with Gasteiger partial charge in [0, 0.05) is 12.1 Å². The van der Waals surface area contributed by atoms with Crippen LogP contribution in [-0.2, 0) is 6.54 Å². The molecule has 0 radical (unpaired) electrons. The van der Waals surface area contributed by atoms with Crippen LogP contribution in [-0.4, -0.2) is 41.7 Å². The number of aliphatic hydroxyl groups excluding tert-OH is 1. The van der Waals surface area contributed by atoms with E-state index in [1.807, 2.05) is 25.1 Å². The first kappa shape index (κ1) is 15.0. The van der Waals surface area contributed by atoms with Crippen molar-refractivity contribution in [1.82, 2.24) is 10.2 Å². The minimum Gasteiger partial charge on any atom is -0.394 e. The van der Waals surface area contributed by atoms with Gasteiger partial charge in [-0.15, -0.1) is 0 Å². The van der Waals surface area contributed by atoms with Crippen LogP contribution in [0.3, 0.4) is 0 Å². The molecule has 0 aliphatic carbocycles. The van der Waals surface area contributed by atoms with Crippen LogP contribution < -0.4 is 5.32 Å². The molecule has 1 atom stereocenters. The fourth-order valence-corrected chi connectivity index (χ4v) is 2.56. The zero-order valence-corrected chi connectivity index (χ0v) is 12.1. The minimum atomic E-state index is -0.162. The molecule has 4 heteroatoms. The van der Waals surface area contributed by atoms with Gasteiger partial charge in [-0.2, -0.15) is 0 Å². The van der Waals surface area contributed by atoms with Crippen molar-refractivity contribution in [3.8, 4) is 0 Å². The number of nitrogens with one attached hydrogen (secondary N) is 1. The molecule has 0 aromatic heterocycles. The van der Waals surface area contributed by atoms with Gasteiger partial charge >= 0.3 is 0 Å². The summed E-state index contributed by atoms with van der Waals surface area (Å²) in [6, 6.07) is 7.62. The lowest BCUT2D eigenvalue weighted by molar-refractivity contribution is 0.0915. The first-order chi connectivity index (χ1) is 9.72. The Morgan fingerprint density at radius 2 is 2.15 bits per heavy atom. The van der Waals surface area contributed by atoms with Gasteiger partial charge in [0.2, 0.25) is 0 Å². The van der Waals surface area contributed by atoms with E-state index in [1.54, 1.807) is 0 Å². The summed E-state index contributed by atoms with van der Waals surface area (Å²) in [6.07, 6.45) is 3.28. The lowest BCUT2D eigenvalue weighted by Gasteiger charge is -2.16. The quantitative estimate of drug-likeness (QED) is 0.833. The average molecular weight is 276 g/mol. The number of hydrogen-bond donors (Lipinski definition) is 2. The number of amides is 1. The maximum atomic E-state index is 12.1. The SMILES string of the molecule is CCC(CO)NC(=O)c1cccc(CN2CCCC2)c1. The third-order valence-electron chi connectivity index (χ3n) is 3.84. The van der Waals surface area contributed by atoms with E-state index in [2.05, 4.69) is 16.3 Å². The number of likely N-dealkylation sites (tertiary alicyclic amines) is 1. The minimum absolute atomic E-state index is 0.0181. The van der Waals surface area contributed by atoms with Crippen LogP contribution >= 0.6 is 0 Å². The topological polar surface area (TPSA) is 52.6 Å². The highest BCUT2D eigenvalue weighted by atomic mass is 16.3. The van der Waals surface area contributed by atoms with Gasteiger partial charge in [-0.1, -0.05) is 19.1 Å². The molecule has 4 nitrogen and oxygen atoms in total. The van der Waals surface area contributed by atoms with Gasteiger partial charge in [0.15, 0.2) is 0 Å². The smallest absolute Gasteiger partial charge is 0.251 e. The summed E-state index contributed by atoms with van der Waals surface area (Å²) in [5.41, 5.74) is 1.85. The molecular weight excluding hydrogens is 252 g/mol. The van der Waals surface area contributed by atoms with Gasteiger partial charge in [0.25, 0.3) is 5.91 Å². The second-order valence-corrected chi connectivity index (χ2v) is 5.44. The molecule has 1 aliphatic rings. The van der Waals surface area contributed by atoms with E-state index in [0.29, 0.717) is 5.56 Å². The third-order valence-corrected chi connectivity index (χ3v) is 3.84. The first-order valence-electron chi connectivity index (χ1n) is 7.46. The molecule has 1 aromatic carbocycles. The van der Waals surface area contributed by atoms with Crippen LogP contribution in [0.15, 0.2) is 24.3 Å². The normalized spacial score (nSPS) is 17.1. The van der Waals surface area contributed by atoms with Crippen molar-refractivity contribution in [2.24, 2.45) is 0 Å². The highest BCUT2D eigenvalue weighted by Gasteiger charge is 2.14. The second kappa shape index (κ2) is 7.41. The molecule has 1 saturated heterocycles. The van der Waals surface area contributed by atoms with Crippen LogP contribution in [0.2, 0.25) is 0 Å². The third kappa shape index (κ3) is 4.05. The molecule has 1 fully saturated rings. The predicted octanol–water partition coefficient (Wildman–Crippen LogP) is 1.78. The zero-order valence-electron chi connectivity index (χ0n) is 12.1. The molecule has 20 heavy (non-hydrogen) atoms. The molecule has 0 spiro atoms. The van der Waals surface area contributed by atoms with Crippen molar-refractivity contribution < 1.29 is 9.90 Å². The van der Waals surface area contributed by atoms with E-state index >= 15 is 0 Å². The van der Waals surface area contributed by atoms with Gasteiger partial charge in [-0.25, -0.2) is 0 Å². The molecule has 1 unspecified atom stereocenters. The van der Waals surface area contributed by atoms with Gasteiger partial charge in [0.05, 0.1) is 12.6 Å². The lowest BCUT2D eigenvalue weighted by atomic mass is 10.1. The summed E-state index contributed by atoms with van der Waals surface area (Å²) in [7, 11) is 0. The Balaban J connectivity index is 1.99. The Morgan fingerprint density at radius 3 is 2.80 bits per heavy atom. The summed E-state index contributed by atoms with van der Waals surface area (Å²) < 4.78 is 0. The molecule has 0 bridgehead atoms. The fourth-order valence-electron chi connectivity index (χ4n) is 2.56. The number of nitrogens with zero attached hydrogens (tertiary/aromatic N) is 1. The van der Waals surface area contributed by atoms with E-state index in [9.17, 15) is 4.79 Å². The number of carbonyl (C=O) groups is 1. The molecule has 1 aromatic rings. The molecule has 1 heterocycles. The van der Waals surface area contributed by atoms with Gasteiger partial charge in [0.1, 0.15) is 0 Å². The second-order valence-electron chi connectivity index (χ2n) is 5.44. The largest absolute Gasteiger partial charge is 0.394 e.